The lowest BCUT2D eigenvalue weighted by molar-refractivity contribution is 0.103. The maximum atomic E-state index is 12.0. The van der Waals surface area contributed by atoms with Crippen molar-refractivity contribution in [2.75, 3.05) is 11.9 Å². The summed E-state index contributed by atoms with van der Waals surface area (Å²) in [5, 5.41) is 2.90. The van der Waals surface area contributed by atoms with Crippen molar-refractivity contribution in [1.29, 1.82) is 0 Å². The Morgan fingerprint density at radius 1 is 1.37 bits per heavy atom. The van der Waals surface area contributed by atoms with E-state index in [1.165, 1.54) is 11.3 Å². The molecule has 0 atom stereocenters. The third-order valence-corrected chi connectivity index (χ3v) is 4.18. The number of halogens is 1. The number of carbonyl (C=O) groups excluding carboxylic acids is 1. The third-order valence-electron chi connectivity index (χ3n) is 2.55. The Labute approximate surface area is 124 Å². The molecule has 0 saturated heterocycles. The van der Waals surface area contributed by atoms with Crippen molar-refractivity contribution in [1.82, 2.24) is 0 Å². The van der Waals surface area contributed by atoms with Crippen molar-refractivity contribution in [2.24, 2.45) is 0 Å². The lowest BCUT2D eigenvalue weighted by Gasteiger charge is -2.10. The molecule has 1 aromatic heterocycles. The van der Waals surface area contributed by atoms with Gasteiger partial charge < -0.3 is 10.1 Å². The molecule has 0 saturated carbocycles. The van der Waals surface area contributed by atoms with E-state index in [2.05, 4.69) is 21.2 Å². The molecule has 0 fully saturated rings. The van der Waals surface area contributed by atoms with Crippen LogP contribution in [-0.2, 0) is 0 Å². The number of hydrogen-bond acceptors (Lipinski definition) is 3. The summed E-state index contributed by atoms with van der Waals surface area (Å²) in [7, 11) is 0. The molecular formula is C14H14BrNO2S. The van der Waals surface area contributed by atoms with E-state index < -0.39 is 0 Å². The molecule has 1 heterocycles. The fourth-order valence-corrected chi connectivity index (χ4v) is 2.93. The first-order chi connectivity index (χ1) is 9.10. The molecule has 0 radical (unpaired) electrons. The topological polar surface area (TPSA) is 38.3 Å². The fourth-order valence-electron chi connectivity index (χ4n) is 1.65. The van der Waals surface area contributed by atoms with Crippen LogP contribution in [0.1, 0.15) is 22.2 Å². The number of hydrogen-bond donors (Lipinski definition) is 1. The predicted molar refractivity (Wildman–Crippen MR) is 82.3 cm³/mol. The van der Waals surface area contributed by atoms with Crippen molar-refractivity contribution in [2.45, 2.75) is 13.8 Å². The molecule has 0 bridgehead atoms. The third kappa shape index (κ3) is 3.58. The van der Waals surface area contributed by atoms with E-state index in [1.807, 2.05) is 38.1 Å². The average Bonchev–Trinajstić information content (AvgIpc) is 2.80. The number of thiophene rings is 1. The normalized spacial score (nSPS) is 10.3. The molecule has 100 valence electrons. The van der Waals surface area contributed by atoms with Crippen LogP contribution in [0, 0.1) is 6.92 Å². The lowest BCUT2D eigenvalue weighted by Crippen LogP contribution is -2.11. The molecule has 2 aromatic rings. The zero-order valence-electron chi connectivity index (χ0n) is 10.7. The summed E-state index contributed by atoms with van der Waals surface area (Å²) in [5.41, 5.74) is 1.79. The number of carbonyl (C=O) groups is 1. The first-order valence-corrected chi connectivity index (χ1v) is 7.51. The SMILES string of the molecule is CCOc1ccc(NC(=O)c2ccc(Br)s2)c(C)c1. The second-order valence-electron chi connectivity index (χ2n) is 3.97. The molecule has 3 nitrogen and oxygen atoms in total. The Kier molecular flexibility index (Phi) is 4.61. The van der Waals surface area contributed by atoms with E-state index in [0.29, 0.717) is 11.5 Å². The Hall–Kier alpha value is -1.33. The van der Waals surface area contributed by atoms with Gasteiger partial charge in [0, 0.05) is 5.69 Å². The van der Waals surface area contributed by atoms with Crippen LogP contribution in [0.4, 0.5) is 5.69 Å². The van der Waals surface area contributed by atoms with Crippen LogP contribution in [0.2, 0.25) is 0 Å². The van der Waals surface area contributed by atoms with E-state index >= 15 is 0 Å². The number of benzene rings is 1. The van der Waals surface area contributed by atoms with Gasteiger partial charge in [0.2, 0.25) is 0 Å². The van der Waals surface area contributed by atoms with Gasteiger partial charge in [0.15, 0.2) is 0 Å². The van der Waals surface area contributed by atoms with Gasteiger partial charge >= 0.3 is 0 Å². The Balaban J connectivity index is 2.13. The van der Waals surface area contributed by atoms with Gasteiger partial charge in [-0.1, -0.05) is 0 Å². The summed E-state index contributed by atoms with van der Waals surface area (Å²) in [6, 6.07) is 9.30. The van der Waals surface area contributed by atoms with Gasteiger partial charge in [-0.15, -0.1) is 11.3 Å². The largest absolute Gasteiger partial charge is 0.494 e. The number of nitrogens with one attached hydrogen (secondary N) is 1. The zero-order chi connectivity index (χ0) is 13.8. The maximum absolute atomic E-state index is 12.0. The van der Waals surface area contributed by atoms with Gasteiger partial charge in [-0.2, -0.15) is 0 Å². The average molecular weight is 340 g/mol. The minimum atomic E-state index is -0.0945. The van der Waals surface area contributed by atoms with E-state index in [0.717, 1.165) is 20.8 Å². The van der Waals surface area contributed by atoms with Crippen molar-refractivity contribution in [3.8, 4) is 5.75 Å². The molecule has 0 aliphatic rings. The zero-order valence-corrected chi connectivity index (χ0v) is 13.1. The highest BCUT2D eigenvalue weighted by atomic mass is 79.9. The molecule has 1 aromatic carbocycles. The van der Waals surface area contributed by atoms with Gasteiger partial charge in [-0.25, -0.2) is 0 Å². The number of anilines is 1. The van der Waals surface area contributed by atoms with Gasteiger partial charge in [0.05, 0.1) is 15.3 Å². The summed E-state index contributed by atoms with van der Waals surface area (Å²) < 4.78 is 6.36. The van der Waals surface area contributed by atoms with Crippen molar-refractivity contribution in [3.05, 3.63) is 44.6 Å². The van der Waals surface area contributed by atoms with Gasteiger partial charge in [0.25, 0.3) is 5.91 Å². The first kappa shape index (κ1) is 14.1. The standard InChI is InChI=1S/C14H14BrNO2S/c1-3-18-10-4-5-11(9(2)8-10)16-14(17)12-6-7-13(15)19-12/h4-8H,3H2,1-2H3,(H,16,17). The summed E-state index contributed by atoms with van der Waals surface area (Å²) in [6.45, 7) is 4.52. The molecule has 0 aliphatic carbocycles. The maximum Gasteiger partial charge on any atom is 0.265 e. The molecule has 0 spiro atoms. The summed E-state index contributed by atoms with van der Waals surface area (Å²) in [4.78, 5) is 12.7. The highest BCUT2D eigenvalue weighted by Gasteiger charge is 2.10. The molecule has 0 unspecified atom stereocenters. The highest BCUT2D eigenvalue weighted by molar-refractivity contribution is 9.11. The smallest absolute Gasteiger partial charge is 0.265 e. The summed E-state index contributed by atoms with van der Waals surface area (Å²) in [6.07, 6.45) is 0. The van der Waals surface area contributed by atoms with Crippen LogP contribution in [0.5, 0.6) is 5.75 Å². The van der Waals surface area contributed by atoms with Crippen LogP contribution in [0.15, 0.2) is 34.1 Å². The van der Waals surface area contributed by atoms with Crippen LogP contribution in [0.3, 0.4) is 0 Å². The second kappa shape index (κ2) is 6.21. The molecule has 19 heavy (non-hydrogen) atoms. The van der Waals surface area contributed by atoms with Crippen LogP contribution >= 0.6 is 27.3 Å². The number of rotatable bonds is 4. The minimum Gasteiger partial charge on any atom is -0.494 e. The highest BCUT2D eigenvalue weighted by Crippen LogP contribution is 2.25. The quantitative estimate of drug-likeness (QED) is 0.892. The van der Waals surface area contributed by atoms with Crippen molar-refractivity contribution >= 4 is 38.9 Å². The number of ether oxygens (including phenoxy) is 1. The summed E-state index contributed by atoms with van der Waals surface area (Å²) in [5.74, 6) is 0.722. The van der Waals surface area contributed by atoms with Crippen LogP contribution in [-0.4, -0.2) is 12.5 Å². The monoisotopic (exact) mass is 339 g/mol. The van der Waals surface area contributed by atoms with Gasteiger partial charge in [-0.3, -0.25) is 4.79 Å². The van der Waals surface area contributed by atoms with Crippen molar-refractivity contribution < 1.29 is 9.53 Å². The van der Waals surface area contributed by atoms with Crippen molar-refractivity contribution in [3.63, 3.8) is 0 Å². The molecule has 0 aliphatic heterocycles. The van der Waals surface area contributed by atoms with Gasteiger partial charge in [0.1, 0.15) is 5.75 Å². The number of amides is 1. The van der Waals surface area contributed by atoms with E-state index in [1.54, 1.807) is 6.07 Å². The molecule has 1 amide bonds. The van der Waals surface area contributed by atoms with E-state index in [-0.39, 0.29) is 5.91 Å². The van der Waals surface area contributed by atoms with Gasteiger partial charge in [-0.05, 0) is 65.7 Å². The van der Waals surface area contributed by atoms with E-state index in [9.17, 15) is 4.79 Å². The Bertz CT molecular complexity index is 595. The molecule has 5 heteroatoms. The van der Waals surface area contributed by atoms with Crippen LogP contribution in [0.25, 0.3) is 0 Å². The second-order valence-corrected chi connectivity index (χ2v) is 6.43. The molecular weight excluding hydrogens is 326 g/mol. The van der Waals surface area contributed by atoms with Crippen LogP contribution < -0.4 is 10.1 Å². The number of aryl methyl sites for hydroxylation is 1. The Morgan fingerprint density at radius 2 is 2.16 bits per heavy atom. The fraction of sp³-hybridized carbons (Fsp3) is 0.214. The molecule has 1 N–H and O–H groups in total. The first-order valence-electron chi connectivity index (χ1n) is 5.90. The summed E-state index contributed by atoms with van der Waals surface area (Å²) >= 11 is 4.76. The molecule has 2 rings (SSSR count). The van der Waals surface area contributed by atoms with E-state index in [4.69, 9.17) is 4.74 Å². The Morgan fingerprint density at radius 3 is 2.74 bits per heavy atom. The predicted octanol–water partition coefficient (Wildman–Crippen LogP) is 4.47. The minimum absolute atomic E-state index is 0.0945. The lowest BCUT2D eigenvalue weighted by atomic mass is 10.2.